The summed E-state index contributed by atoms with van der Waals surface area (Å²) in [6.07, 6.45) is 1.52. The lowest BCUT2D eigenvalue weighted by atomic mass is 10.2. The first-order valence-electron chi connectivity index (χ1n) is 8.61. The molecule has 0 saturated carbocycles. The number of amides is 1. The Hall–Kier alpha value is -3.66. The second-order valence-corrected chi connectivity index (χ2v) is 6.44. The summed E-state index contributed by atoms with van der Waals surface area (Å²) in [6.45, 7) is 7.45. The van der Waals surface area contributed by atoms with E-state index in [0.29, 0.717) is 22.8 Å². The summed E-state index contributed by atoms with van der Waals surface area (Å²) < 4.78 is 20.6. The number of hydrazone groups is 1. The fourth-order valence-electron chi connectivity index (χ4n) is 2.96. The van der Waals surface area contributed by atoms with Crippen LogP contribution >= 0.6 is 0 Å². The van der Waals surface area contributed by atoms with Crippen LogP contribution in [0.1, 0.15) is 44.2 Å². The first-order valence-corrected chi connectivity index (χ1v) is 8.61. The standard InChI is InChI=1S/C21H19FN4O2/c1-12-9-17(11-24-25-20(27)16-5-7-18(22)8-6-16)14(3)26(12)21-19(10-23)13(2)15(4)28-21/h5-9,11H,1-4H3,(H,25,27)/b24-11-. The molecule has 1 amide bonds. The molecule has 2 heterocycles. The van der Waals surface area contributed by atoms with E-state index in [-0.39, 0.29) is 0 Å². The Bertz CT molecular complexity index is 1110. The van der Waals surface area contributed by atoms with E-state index >= 15 is 0 Å². The Kier molecular flexibility index (Phi) is 5.14. The molecule has 0 atom stereocenters. The van der Waals surface area contributed by atoms with Crippen LogP contribution in [0, 0.1) is 44.8 Å². The normalized spacial score (nSPS) is 11.0. The van der Waals surface area contributed by atoms with Gasteiger partial charge in [-0.05, 0) is 58.0 Å². The molecule has 0 aliphatic rings. The molecule has 3 rings (SSSR count). The molecule has 0 bridgehead atoms. The molecule has 0 spiro atoms. The summed E-state index contributed by atoms with van der Waals surface area (Å²) in [7, 11) is 0. The van der Waals surface area contributed by atoms with Crippen LogP contribution in [-0.2, 0) is 0 Å². The van der Waals surface area contributed by atoms with Crippen molar-refractivity contribution in [2.75, 3.05) is 0 Å². The van der Waals surface area contributed by atoms with E-state index in [9.17, 15) is 14.4 Å². The summed E-state index contributed by atoms with van der Waals surface area (Å²) in [5.74, 6) is 0.324. The number of furan rings is 1. The zero-order valence-corrected chi connectivity index (χ0v) is 16.0. The quantitative estimate of drug-likeness (QED) is 0.548. The van der Waals surface area contributed by atoms with Gasteiger partial charge in [-0.3, -0.25) is 9.36 Å². The van der Waals surface area contributed by atoms with Crippen LogP contribution in [0.5, 0.6) is 0 Å². The van der Waals surface area contributed by atoms with Gasteiger partial charge in [0.05, 0.1) is 6.21 Å². The second kappa shape index (κ2) is 7.53. The van der Waals surface area contributed by atoms with Gasteiger partial charge in [0.1, 0.15) is 23.2 Å². The van der Waals surface area contributed by atoms with E-state index in [1.165, 1.54) is 30.5 Å². The average molecular weight is 378 g/mol. The smallest absolute Gasteiger partial charge is 0.271 e. The molecular weight excluding hydrogens is 359 g/mol. The van der Waals surface area contributed by atoms with Crippen molar-refractivity contribution >= 4 is 12.1 Å². The monoisotopic (exact) mass is 378 g/mol. The number of nitriles is 1. The Morgan fingerprint density at radius 3 is 2.57 bits per heavy atom. The highest BCUT2D eigenvalue weighted by atomic mass is 19.1. The van der Waals surface area contributed by atoms with Crippen LogP contribution in [0.15, 0.2) is 39.9 Å². The molecule has 3 aromatic rings. The Labute approximate surface area is 161 Å². The number of nitrogens with one attached hydrogen (secondary N) is 1. The van der Waals surface area contributed by atoms with Gasteiger partial charge in [0.15, 0.2) is 0 Å². The number of hydrogen-bond donors (Lipinski definition) is 1. The van der Waals surface area contributed by atoms with E-state index in [1.54, 1.807) is 0 Å². The molecule has 0 unspecified atom stereocenters. The van der Waals surface area contributed by atoms with Crippen LogP contribution in [0.2, 0.25) is 0 Å². The van der Waals surface area contributed by atoms with Gasteiger partial charge in [0, 0.05) is 28.1 Å². The molecule has 1 aromatic carbocycles. The molecule has 6 nitrogen and oxygen atoms in total. The number of carbonyl (C=O) groups is 1. The number of aromatic nitrogens is 1. The van der Waals surface area contributed by atoms with Crippen molar-refractivity contribution in [1.82, 2.24) is 9.99 Å². The maximum Gasteiger partial charge on any atom is 0.271 e. The maximum absolute atomic E-state index is 12.9. The van der Waals surface area contributed by atoms with Gasteiger partial charge in [0.2, 0.25) is 5.88 Å². The Morgan fingerprint density at radius 2 is 1.93 bits per heavy atom. The predicted octanol–water partition coefficient (Wildman–Crippen LogP) is 4.08. The summed E-state index contributed by atoms with van der Waals surface area (Å²) in [4.78, 5) is 12.0. The van der Waals surface area contributed by atoms with Crippen molar-refractivity contribution in [3.63, 3.8) is 0 Å². The first-order chi connectivity index (χ1) is 13.3. The zero-order chi connectivity index (χ0) is 20.4. The van der Waals surface area contributed by atoms with Crippen molar-refractivity contribution in [3.05, 3.63) is 75.6 Å². The molecule has 28 heavy (non-hydrogen) atoms. The number of hydrogen-bond acceptors (Lipinski definition) is 4. The molecule has 0 aliphatic heterocycles. The van der Waals surface area contributed by atoms with Crippen LogP contribution < -0.4 is 5.43 Å². The first kappa shape index (κ1) is 19.1. The second-order valence-electron chi connectivity index (χ2n) is 6.44. The van der Waals surface area contributed by atoms with Gasteiger partial charge in [-0.2, -0.15) is 10.4 Å². The van der Waals surface area contributed by atoms with Gasteiger partial charge in [-0.1, -0.05) is 0 Å². The number of halogens is 1. The molecule has 142 valence electrons. The van der Waals surface area contributed by atoms with E-state index in [0.717, 1.165) is 22.5 Å². The lowest BCUT2D eigenvalue weighted by Gasteiger charge is -2.06. The summed E-state index contributed by atoms with van der Waals surface area (Å²) in [5, 5.41) is 13.5. The maximum atomic E-state index is 12.9. The highest BCUT2D eigenvalue weighted by Gasteiger charge is 2.20. The van der Waals surface area contributed by atoms with Gasteiger partial charge >= 0.3 is 0 Å². The van der Waals surface area contributed by atoms with Crippen molar-refractivity contribution in [2.45, 2.75) is 27.7 Å². The van der Waals surface area contributed by atoms with Crippen molar-refractivity contribution in [1.29, 1.82) is 5.26 Å². The number of rotatable bonds is 4. The minimum Gasteiger partial charge on any atom is -0.443 e. The molecule has 0 radical (unpaired) electrons. The molecule has 1 N–H and O–H groups in total. The van der Waals surface area contributed by atoms with Crippen molar-refractivity contribution < 1.29 is 13.6 Å². The van der Waals surface area contributed by atoms with Gasteiger partial charge in [-0.25, -0.2) is 9.82 Å². The number of benzene rings is 1. The minimum atomic E-state index is -0.436. The van der Waals surface area contributed by atoms with Crippen LogP contribution in [-0.4, -0.2) is 16.7 Å². The van der Waals surface area contributed by atoms with Gasteiger partial charge in [-0.15, -0.1) is 0 Å². The van der Waals surface area contributed by atoms with Crippen LogP contribution in [0.3, 0.4) is 0 Å². The van der Waals surface area contributed by atoms with Crippen molar-refractivity contribution in [3.8, 4) is 12.0 Å². The molecule has 0 fully saturated rings. The number of carbonyl (C=O) groups excluding carboxylic acids is 1. The summed E-state index contributed by atoms with van der Waals surface area (Å²) in [6, 6.07) is 9.28. The lowest BCUT2D eigenvalue weighted by Crippen LogP contribution is -2.17. The third-order valence-electron chi connectivity index (χ3n) is 4.63. The van der Waals surface area contributed by atoms with Gasteiger partial charge in [0.25, 0.3) is 5.91 Å². The Morgan fingerprint density at radius 1 is 1.25 bits per heavy atom. The molecule has 7 heteroatoms. The Balaban J connectivity index is 1.85. The average Bonchev–Trinajstić information content (AvgIpc) is 3.10. The van der Waals surface area contributed by atoms with E-state index in [2.05, 4.69) is 16.6 Å². The number of aryl methyl sites for hydroxylation is 2. The highest BCUT2D eigenvalue weighted by Crippen LogP contribution is 2.28. The highest BCUT2D eigenvalue weighted by molar-refractivity contribution is 5.95. The van der Waals surface area contributed by atoms with E-state index in [4.69, 9.17) is 4.42 Å². The molecular formula is C21H19FN4O2. The third-order valence-corrected chi connectivity index (χ3v) is 4.63. The molecule has 0 saturated heterocycles. The van der Waals surface area contributed by atoms with E-state index < -0.39 is 11.7 Å². The summed E-state index contributed by atoms with van der Waals surface area (Å²) >= 11 is 0. The zero-order valence-electron chi connectivity index (χ0n) is 16.0. The van der Waals surface area contributed by atoms with Crippen molar-refractivity contribution in [2.24, 2.45) is 5.10 Å². The number of nitrogens with zero attached hydrogens (tertiary/aromatic N) is 3. The lowest BCUT2D eigenvalue weighted by molar-refractivity contribution is 0.0955. The molecule has 0 aliphatic carbocycles. The third kappa shape index (κ3) is 3.45. The summed E-state index contributed by atoms with van der Waals surface area (Å²) in [5.41, 5.74) is 6.50. The molecule has 2 aromatic heterocycles. The minimum absolute atomic E-state index is 0.309. The van der Waals surface area contributed by atoms with Crippen LogP contribution in [0.4, 0.5) is 4.39 Å². The topological polar surface area (TPSA) is 83.3 Å². The van der Waals surface area contributed by atoms with E-state index in [1.807, 2.05) is 38.3 Å². The van der Waals surface area contributed by atoms with Crippen LogP contribution in [0.25, 0.3) is 5.88 Å². The SMILES string of the molecule is Cc1oc(-n2c(C)cc(/C=N\NC(=O)c3ccc(F)cc3)c2C)c(C#N)c1C. The predicted molar refractivity (Wildman–Crippen MR) is 103 cm³/mol. The van der Waals surface area contributed by atoms with Gasteiger partial charge < -0.3 is 4.42 Å². The fourth-order valence-corrected chi connectivity index (χ4v) is 2.96. The fraction of sp³-hybridized carbons (Fsp3) is 0.190. The largest absolute Gasteiger partial charge is 0.443 e.